The number of alkyl carbamates (subject to hydrolysis) is 1. The molecule has 0 fully saturated rings. The summed E-state index contributed by atoms with van der Waals surface area (Å²) < 4.78 is 5.14. The van der Waals surface area contributed by atoms with Gasteiger partial charge < -0.3 is 10.1 Å². The molecule has 107 valence electrons. The number of ether oxygens (including phenoxy) is 1. The van der Waals surface area contributed by atoms with Crippen LogP contribution in [-0.2, 0) is 23.3 Å². The number of carbonyl (C=O) groups is 1. The Bertz CT molecular complexity index is 240. The van der Waals surface area contributed by atoms with Crippen LogP contribution in [0.1, 0.15) is 61.2 Å². The Morgan fingerprint density at radius 1 is 1.22 bits per heavy atom. The third-order valence-electron chi connectivity index (χ3n) is 2.12. The number of carbonyl (C=O) groups excluding carboxylic acids is 1. The SMILES string of the molecule is CC/C=C/CCCCCNC(=O)OC(C)(C)C.[HH].[V]. The zero-order chi connectivity index (χ0) is 13.1. The Balaban J connectivity index is -0.00000128. The fourth-order valence-electron chi connectivity index (χ4n) is 1.35. The summed E-state index contributed by atoms with van der Waals surface area (Å²) in [5.41, 5.74) is -0.408. The van der Waals surface area contributed by atoms with Crippen molar-refractivity contribution in [2.45, 2.75) is 65.4 Å². The van der Waals surface area contributed by atoms with Gasteiger partial charge in [0.15, 0.2) is 0 Å². The Labute approximate surface area is 125 Å². The molecular formula is C14H29NO2V. The van der Waals surface area contributed by atoms with Gasteiger partial charge in [0.05, 0.1) is 0 Å². The van der Waals surface area contributed by atoms with Crippen molar-refractivity contribution in [1.82, 2.24) is 5.32 Å². The first-order valence-corrected chi connectivity index (χ1v) is 6.57. The molecule has 18 heavy (non-hydrogen) atoms. The Morgan fingerprint density at radius 2 is 1.89 bits per heavy atom. The maximum atomic E-state index is 11.3. The maximum absolute atomic E-state index is 11.3. The normalized spacial score (nSPS) is 11.1. The van der Waals surface area contributed by atoms with Crippen LogP contribution in [0.3, 0.4) is 0 Å². The molecule has 0 spiro atoms. The largest absolute Gasteiger partial charge is 0.444 e. The molecule has 0 aliphatic carbocycles. The van der Waals surface area contributed by atoms with E-state index in [1.807, 2.05) is 20.8 Å². The molecular weight excluding hydrogens is 265 g/mol. The quantitative estimate of drug-likeness (QED) is 0.562. The standard InChI is InChI=1S/C14H27NO2.V.H2/c1-5-6-7-8-9-10-11-12-15-13(16)17-14(2,3)4;;/h6-7H,5,8-12H2,1-4H3,(H,15,16);;1H/b7-6+;;. The van der Waals surface area contributed by atoms with E-state index in [1.165, 1.54) is 6.42 Å². The van der Waals surface area contributed by atoms with Crippen LogP contribution in [0.5, 0.6) is 0 Å². The van der Waals surface area contributed by atoms with Crippen LogP contribution in [0.2, 0.25) is 0 Å². The zero-order valence-corrected chi connectivity index (χ0v) is 13.6. The fourth-order valence-corrected chi connectivity index (χ4v) is 1.35. The van der Waals surface area contributed by atoms with Crippen molar-refractivity contribution in [3.05, 3.63) is 12.2 Å². The third-order valence-corrected chi connectivity index (χ3v) is 2.12. The van der Waals surface area contributed by atoms with E-state index >= 15 is 0 Å². The van der Waals surface area contributed by atoms with Crippen LogP contribution in [-0.4, -0.2) is 18.2 Å². The number of hydrogen-bond acceptors (Lipinski definition) is 2. The first kappa shape index (κ1) is 19.9. The van der Waals surface area contributed by atoms with E-state index in [1.54, 1.807) is 0 Å². The van der Waals surface area contributed by atoms with E-state index in [0.29, 0.717) is 6.54 Å². The van der Waals surface area contributed by atoms with E-state index in [9.17, 15) is 4.79 Å². The molecule has 0 atom stereocenters. The zero-order valence-electron chi connectivity index (χ0n) is 12.2. The van der Waals surface area contributed by atoms with Gasteiger partial charge in [0.2, 0.25) is 0 Å². The van der Waals surface area contributed by atoms with Crippen molar-refractivity contribution in [2.24, 2.45) is 0 Å². The van der Waals surface area contributed by atoms with Crippen molar-refractivity contribution in [3.8, 4) is 0 Å². The molecule has 0 aliphatic rings. The van der Waals surface area contributed by atoms with Gasteiger partial charge in [-0.25, -0.2) is 4.79 Å². The second-order valence-electron chi connectivity index (χ2n) is 5.16. The first-order valence-electron chi connectivity index (χ1n) is 6.57. The Kier molecular flexibility index (Phi) is 12.9. The summed E-state index contributed by atoms with van der Waals surface area (Å²) in [7, 11) is 0. The van der Waals surface area contributed by atoms with Gasteiger partial charge in [-0.1, -0.05) is 25.5 Å². The summed E-state index contributed by atoms with van der Waals surface area (Å²) in [6, 6.07) is 0. The molecule has 0 rings (SSSR count). The number of rotatable bonds is 7. The molecule has 0 bridgehead atoms. The smallest absolute Gasteiger partial charge is 0.407 e. The van der Waals surface area contributed by atoms with Gasteiger partial charge in [0, 0.05) is 26.5 Å². The van der Waals surface area contributed by atoms with Gasteiger partial charge in [-0.2, -0.15) is 0 Å². The van der Waals surface area contributed by atoms with Crippen LogP contribution < -0.4 is 5.32 Å². The van der Waals surface area contributed by atoms with Crippen molar-refractivity contribution in [2.75, 3.05) is 6.54 Å². The average Bonchev–Trinajstić information content (AvgIpc) is 2.19. The molecule has 4 heteroatoms. The number of unbranched alkanes of at least 4 members (excludes halogenated alkanes) is 3. The van der Waals surface area contributed by atoms with Crippen molar-refractivity contribution in [1.29, 1.82) is 0 Å². The van der Waals surface area contributed by atoms with Crippen LogP contribution in [0, 0.1) is 0 Å². The first-order chi connectivity index (χ1) is 7.95. The van der Waals surface area contributed by atoms with E-state index in [4.69, 9.17) is 4.74 Å². The van der Waals surface area contributed by atoms with Crippen molar-refractivity contribution >= 4 is 6.09 Å². The van der Waals surface area contributed by atoms with Crippen molar-refractivity contribution in [3.63, 3.8) is 0 Å². The predicted molar refractivity (Wildman–Crippen MR) is 74.2 cm³/mol. The van der Waals surface area contributed by atoms with Gasteiger partial charge in [0.25, 0.3) is 0 Å². The second-order valence-corrected chi connectivity index (χ2v) is 5.16. The molecule has 0 aromatic heterocycles. The molecule has 1 radical (unpaired) electrons. The average molecular weight is 294 g/mol. The third kappa shape index (κ3) is 15.6. The molecule has 0 saturated carbocycles. The van der Waals surface area contributed by atoms with Crippen molar-refractivity contribution < 1.29 is 29.5 Å². The minimum Gasteiger partial charge on any atom is -0.444 e. The fraction of sp³-hybridized carbons (Fsp3) is 0.786. The van der Waals surface area contributed by atoms with Gasteiger partial charge in [-0.05, 0) is 46.5 Å². The van der Waals surface area contributed by atoms with Gasteiger partial charge in [-0.3, -0.25) is 0 Å². The number of nitrogens with one attached hydrogen (secondary N) is 1. The molecule has 1 N–H and O–H groups in total. The molecule has 0 heterocycles. The topological polar surface area (TPSA) is 38.3 Å². The summed E-state index contributed by atoms with van der Waals surface area (Å²) >= 11 is 0. The van der Waals surface area contributed by atoms with Crippen LogP contribution >= 0.6 is 0 Å². The van der Waals surface area contributed by atoms with Gasteiger partial charge >= 0.3 is 6.09 Å². The number of hydrogen-bond donors (Lipinski definition) is 1. The monoisotopic (exact) mass is 294 g/mol. The van der Waals surface area contributed by atoms with Crippen LogP contribution in [0.4, 0.5) is 4.79 Å². The summed E-state index contributed by atoms with van der Waals surface area (Å²) in [6.07, 6.45) is 9.69. The minimum absolute atomic E-state index is 0. The van der Waals surface area contributed by atoms with E-state index < -0.39 is 5.60 Å². The Hall–Kier alpha value is -0.406. The minimum atomic E-state index is -0.408. The summed E-state index contributed by atoms with van der Waals surface area (Å²) in [6.45, 7) is 8.44. The molecule has 0 aromatic rings. The summed E-state index contributed by atoms with van der Waals surface area (Å²) in [5, 5.41) is 2.76. The summed E-state index contributed by atoms with van der Waals surface area (Å²) in [4.78, 5) is 11.3. The molecule has 0 aromatic carbocycles. The van der Waals surface area contributed by atoms with Gasteiger partial charge in [0.1, 0.15) is 5.60 Å². The molecule has 0 saturated heterocycles. The van der Waals surface area contributed by atoms with Crippen LogP contribution in [0.15, 0.2) is 12.2 Å². The number of allylic oxidation sites excluding steroid dienone is 2. The van der Waals surface area contributed by atoms with Gasteiger partial charge in [-0.15, -0.1) is 0 Å². The maximum Gasteiger partial charge on any atom is 0.407 e. The second kappa shape index (κ2) is 11.7. The van der Waals surface area contributed by atoms with Crippen LogP contribution in [0.25, 0.3) is 0 Å². The van der Waals surface area contributed by atoms with E-state index in [2.05, 4.69) is 24.4 Å². The van der Waals surface area contributed by atoms with E-state index in [-0.39, 0.29) is 26.1 Å². The molecule has 0 unspecified atom stereocenters. The number of amides is 1. The molecule has 1 amide bonds. The Morgan fingerprint density at radius 3 is 2.44 bits per heavy atom. The summed E-state index contributed by atoms with van der Waals surface area (Å²) in [5.74, 6) is 0. The molecule has 3 nitrogen and oxygen atoms in total. The van der Waals surface area contributed by atoms with E-state index in [0.717, 1.165) is 25.7 Å². The predicted octanol–water partition coefficient (Wildman–Crippen LogP) is 4.28. The molecule has 0 aliphatic heterocycles.